The van der Waals surface area contributed by atoms with Crippen molar-refractivity contribution in [2.75, 3.05) is 5.32 Å². The Labute approximate surface area is 135 Å². The molecule has 0 aliphatic carbocycles. The summed E-state index contributed by atoms with van der Waals surface area (Å²) in [5, 5.41) is 5.32. The molecule has 4 aromatic rings. The van der Waals surface area contributed by atoms with Gasteiger partial charge in [0.1, 0.15) is 12.1 Å². The first-order chi connectivity index (χ1) is 11.4. The number of anilines is 2. The minimum atomic E-state index is 0.696. The lowest BCUT2D eigenvalue weighted by Crippen LogP contribution is -1.97. The van der Waals surface area contributed by atoms with Crippen LogP contribution in [0.3, 0.4) is 0 Å². The molecule has 0 unspecified atom stereocenters. The molecule has 114 valence electrons. The molecule has 0 atom stereocenters. The van der Waals surface area contributed by atoms with Gasteiger partial charge in [0, 0.05) is 11.1 Å². The number of rotatable bonds is 2. The summed E-state index contributed by atoms with van der Waals surface area (Å²) in [6.07, 6.45) is 1.54. The van der Waals surface area contributed by atoms with Crippen molar-refractivity contribution in [3.63, 3.8) is 0 Å². The van der Waals surface area contributed by atoms with Crippen LogP contribution in [0, 0.1) is 0 Å². The summed E-state index contributed by atoms with van der Waals surface area (Å²) in [6.45, 7) is 4.00. The SMILES string of the molecule is CC.c1ccc(Nc2ncnc3nc4ccccc4cc23)cc1. The molecule has 0 bridgehead atoms. The van der Waals surface area contributed by atoms with E-state index in [2.05, 4.69) is 26.3 Å². The molecule has 4 rings (SSSR count). The van der Waals surface area contributed by atoms with Crippen molar-refractivity contribution in [3.8, 4) is 0 Å². The monoisotopic (exact) mass is 302 g/mol. The average molecular weight is 302 g/mol. The number of nitrogens with one attached hydrogen (secondary N) is 1. The van der Waals surface area contributed by atoms with Gasteiger partial charge >= 0.3 is 0 Å². The molecule has 0 spiro atoms. The Morgan fingerprint density at radius 2 is 1.57 bits per heavy atom. The number of hydrogen-bond acceptors (Lipinski definition) is 4. The number of para-hydroxylation sites is 2. The van der Waals surface area contributed by atoms with Crippen molar-refractivity contribution >= 4 is 33.4 Å². The maximum Gasteiger partial charge on any atom is 0.165 e. The number of hydrogen-bond donors (Lipinski definition) is 1. The Hall–Kier alpha value is -3.01. The van der Waals surface area contributed by atoms with Crippen molar-refractivity contribution in [3.05, 3.63) is 67.0 Å². The minimum Gasteiger partial charge on any atom is -0.340 e. The highest BCUT2D eigenvalue weighted by molar-refractivity contribution is 5.97. The van der Waals surface area contributed by atoms with Gasteiger partial charge < -0.3 is 5.32 Å². The van der Waals surface area contributed by atoms with Gasteiger partial charge in [0.25, 0.3) is 0 Å². The van der Waals surface area contributed by atoms with Gasteiger partial charge in [-0.1, -0.05) is 50.2 Å². The smallest absolute Gasteiger partial charge is 0.165 e. The highest BCUT2D eigenvalue weighted by atomic mass is 15.0. The maximum absolute atomic E-state index is 4.59. The van der Waals surface area contributed by atoms with E-state index >= 15 is 0 Å². The number of aromatic nitrogens is 3. The number of fused-ring (bicyclic) bond motifs is 2. The first-order valence-corrected chi connectivity index (χ1v) is 7.73. The Morgan fingerprint density at radius 3 is 2.39 bits per heavy atom. The zero-order valence-corrected chi connectivity index (χ0v) is 13.2. The van der Waals surface area contributed by atoms with Crippen LogP contribution in [0.1, 0.15) is 13.8 Å². The third-order valence-electron chi connectivity index (χ3n) is 3.36. The minimum absolute atomic E-state index is 0.696. The molecule has 23 heavy (non-hydrogen) atoms. The molecule has 2 aromatic heterocycles. The van der Waals surface area contributed by atoms with Crippen LogP contribution in [-0.2, 0) is 0 Å². The lowest BCUT2D eigenvalue weighted by Gasteiger charge is -2.08. The molecule has 1 N–H and O–H groups in total. The van der Waals surface area contributed by atoms with Gasteiger partial charge in [-0.05, 0) is 24.3 Å². The van der Waals surface area contributed by atoms with Crippen molar-refractivity contribution in [2.45, 2.75) is 13.8 Å². The second kappa shape index (κ2) is 6.83. The Morgan fingerprint density at radius 1 is 0.826 bits per heavy atom. The Kier molecular flexibility index (Phi) is 4.43. The van der Waals surface area contributed by atoms with Gasteiger partial charge in [0.2, 0.25) is 0 Å². The van der Waals surface area contributed by atoms with Gasteiger partial charge in [-0.2, -0.15) is 0 Å². The number of nitrogens with zero attached hydrogens (tertiary/aromatic N) is 3. The summed E-state index contributed by atoms with van der Waals surface area (Å²) < 4.78 is 0. The van der Waals surface area contributed by atoms with Gasteiger partial charge in [-0.3, -0.25) is 0 Å². The van der Waals surface area contributed by atoms with E-state index in [1.165, 1.54) is 6.33 Å². The van der Waals surface area contributed by atoms with E-state index in [4.69, 9.17) is 0 Å². The molecule has 4 nitrogen and oxygen atoms in total. The van der Waals surface area contributed by atoms with Gasteiger partial charge in [-0.25, -0.2) is 15.0 Å². The first-order valence-electron chi connectivity index (χ1n) is 7.73. The molecule has 0 aliphatic rings. The largest absolute Gasteiger partial charge is 0.340 e. The molecule has 4 heteroatoms. The summed E-state index contributed by atoms with van der Waals surface area (Å²) in [7, 11) is 0. The standard InChI is InChI=1S/C17H12N4.C2H6/c1-2-7-13(8-3-1)20-16-14-10-12-6-4-5-9-15(12)21-17(14)19-11-18-16;1-2/h1-11H,(H,18,19,20,21);1-2H3. The zero-order valence-electron chi connectivity index (χ0n) is 13.2. The fourth-order valence-electron chi connectivity index (χ4n) is 2.35. The normalized spacial score (nSPS) is 10.2. The molecule has 0 saturated carbocycles. The van der Waals surface area contributed by atoms with Crippen molar-refractivity contribution < 1.29 is 0 Å². The van der Waals surface area contributed by atoms with E-state index in [0.717, 1.165) is 27.8 Å². The summed E-state index contributed by atoms with van der Waals surface area (Å²) in [5.74, 6) is 0.768. The van der Waals surface area contributed by atoms with E-state index in [-0.39, 0.29) is 0 Å². The van der Waals surface area contributed by atoms with Crippen LogP contribution in [0.4, 0.5) is 11.5 Å². The van der Waals surface area contributed by atoms with Crippen molar-refractivity contribution in [1.29, 1.82) is 0 Å². The van der Waals surface area contributed by atoms with Crippen LogP contribution in [-0.4, -0.2) is 15.0 Å². The molecule has 0 aliphatic heterocycles. The predicted molar refractivity (Wildman–Crippen MR) is 95.9 cm³/mol. The van der Waals surface area contributed by atoms with Crippen LogP contribution in [0.5, 0.6) is 0 Å². The molecule has 2 heterocycles. The first kappa shape index (κ1) is 14.9. The van der Waals surface area contributed by atoms with Gasteiger partial charge in [-0.15, -0.1) is 0 Å². The summed E-state index contributed by atoms with van der Waals surface area (Å²) >= 11 is 0. The second-order valence-corrected chi connectivity index (χ2v) is 4.77. The van der Waals surface area contributed by atoms with E-state index in [1.807, 2.05) is 68.4 Å². The number of benzene rings is 2. The zero-order chi connectivity index (χ0) is 16.1. The van der Waals surface area contributed by atoms with Crippen LogP contribution in [0.15, 0.2) is 67.0 Å². The van der Waals surface area contributed by atoms with E-state index < -0.39 is 0 Å². The topological polar surface area (TPSA) is 50.7 Å². The lowest BCUT2D eigenvalue weighted by atomic mass is 10.2. The molecule has 2 aromatic carbocycles. The van der Waals surface area contributed by atoms with E-state index in [1.54, 1.807) is 0 Å². The van der Waals surface area contributed by atoms with Crippen LogP contribution in [0.25, 0.3) is 21.9 Å². The molecule has 0 fully saturated rings. The van der Waals surface area contributed by atoms with Crippen LogP contribution < -0.4 is 5.32 Å². The Bertz CT molecular complexity index is 920. The van der Waals surface area contributed by atoms with E-state index in [9.17, 15) is 0 Å². The summed E-state index contributed by atoms with van der Waals surface area (Å²) in [4.78, 5) is 13.2. The Balaban J connectivity index is 0.000000753. The highest BCUT2D eigenvalue weighted by Gasteiger charge is 2.06. The summed E-state index contributed by atoms with van der Waals surface area (Å²) in [6, 6.07) is 20.0. The molecule has 0 amide bonds. The van der Waals surface area contributed by atoms with E-state index in [0.29, 0.717) is 5.65 Å². The average Bonchev–Trinajstić information content (AvgIpc) is 2.63. The van der Waals surface area contributed by atoms with Crippen molar-refractivity contribution in [2.24, 2.45) is 0 Å². The van der Waals surface area contributed by atoms with Crippen LogP contribution >= 0.6 is 0 Å². The molecule has 0 radical (unpaired) electrons. The molecular weight excluding hydrogens is 284 g/mol. The highest BCUT2D eigenvalue weighted by Crippen LogP contribution is 2.25. The third-order valence-corrected chi connectivity index (χ3v) is 3.36. The molecular formula is C19H18N4. The fourth-order valence-corrected chi connectivity index (χ4v) is 2.35. The lowest BCUT2D eigenvalue weighted by molar-refractivity contribution is 1.19. The summed E-state index contributed by atoms with van der Waals surface area (Å²) in [5.41, 5.74) is 2.63. The number of pyridine rings is 1. The quantitative estimate of drug-likeness (QED) is 0.532. The van der Waals surface area contributed by atoms with Gasteiger partial charge in [0.05, 0.1) is 10.9 Å². The maximum atomic E-state index is 4.59. The predicted octanol–water partition coefficient (Wildman–Crippen LogP) is 4.95. The third kappa shape index (κ3) is 3.11. The molecule has 0 saturated heterocycles. The van der Waals surface area contributed by atoms with Gasteiger partial charge in [0.15, 0.2) is 5.65 Å². The second-order valence-electron chi connectivity index (χ2n) is 4.77. The fraction of sp³-hybridized carbons (Fsp3) is 0.105. The van der Waals surface area contributed by atoms with Crippen molar-refractivity contribution in [1.82, 2.24) is 15.0 Å². The van der Waals surface area contributed by atoms with Crippen LogP contribution in [0.2, 0.25) is 0 Å².